The fourth-order valence-electron chi connectivity index (χ4n) is 7.20. The lowest BCUT2D eigenvalue weighted by Crippen LogP contribution is -2.47. The van der Waals surface area contributed by atoms with Crippen LogP contribution in [0.2, 0.25) is 0 Å². The Kier molecular flexibility index (Phi) is 8.75. The van der Waals surface area contributed by atoms with Crippen molar-refractivity contribution in [3.63, 3.8) is 0 Å². The third-order valence-electron chi connectivity index (χ3n) is 9.20. The second kappa shape index (κ2) is 12.9. The van der Waals surface area contributed by atoms with Gasteiger partial charge in [-0.1, -0.05) is 82.1 Å². The Morgan fingerprint density at radius 3 is 1.78 bits per heavy atom. The van der Waals surface area contributed by atoms with Crippen molar-refractivity contribution < 1.29 is 33.4 Å². The summed E-state index contributed by atoms with van der Waals surface area (Å²) < 4.78 is 10.7. The molecule has 3 aromatic rings. The molecule has 238 valence electrons. The summed E-state index contributed by atoms with van der Waals surface area (Å²) in [5, 5.41) is 2.65. The van der Waals surface area contributed by atoms with Crippen LogP contribution in [0.15, 0.2) is 72.8 Å². The zero-order valence-electron chi connectivity index (χ0n) is 26.2. The Morgan fingerprint density at radius 2 is 1.30 bits per heavy atom. The number of imide groups is 1. The molecule has 1 heterocycles. The van der Waals surface area contributed by atoms with Gasteiger partial charge >= 0.3 is 11.9 Å². The number of nitrogens with one attached hydrogen (secondary N) is 1. The molecule has 1 N–H and O–H groups in total. The van der Waals surface area contributed by atoms with Crippen LogP contribution in [0.5, 0.6) is 0 Å². The molecule has 1 saturated heterocycles. The summed E-state index contributed by atoms with van der Waals surface area (Å²) in [6.45, 7) is 5.57. The van der Waals surface area contributed by atoms with E-state index in [1.165, 1.54) is 0 Å². The van der Waals surface area contributed by atoms with E-state index in [4.69, 9.17) is 9.47 Å². The largest absolute Gasteiger partial charge is 0.462 e. The molecule has 1 fully saturated rings. The van der Waals surface area contributed by atoms with Gasteiger partial charge in [-0.25, -0.2) is 9.59 Å². The number of likely N-dealkylation sites (tertiary alicyclic amines) is 1. The molecule has 9 nitrogen and oxygen atoms in total. The molecule has 46 heavy (non-hydrogen) atoms. The minimum Gasteiger partial charge on any atom is -0.462 e. The van der Waals surface area contributed by atoms with Crippen molar-refractivity contribution in [3.8, 4) is 0 Å². The fraction of sp³-hybridized carbons (Fsp3) is 0.378. The van der Waals surface area contributed by atoms with Crippen LogP contribution in [0.3, 0.4) is 0 Å². The van der Waals surface area contributed by atoms with Gasteiger partial charge in [0.15, 0.2) is 6.61 Å². The molecule has 9 heteroatoms. The predicted molar refractivity (Wildman–Crippen MR) is 170 cm³/mol. The first-order valence-electron chi connectivity index (χ1n) is 16.0. The highest BCUT2D eigenvalue weighted by Crippen LogP contribution is 2.61. The zero-order valence-corrected chi connectivity index (χ0v) is 26.2. The Morgan fingerprint density at radius 1 is 0.783 bits per heavy atom. The summed E-state index contributed by atoms with van der Waals surface area (Å²) in [7, 11) is 0. The smallest absolute Gasteiger partial charge is 0.338 e. The van der Waals surface area contributed by atoms with Crippen LogP contribution < -0.4 is 5.32 Å². The van der Waals surface area contributed by atoms with E-state index >= 15 is 0 Å². The van der Waals surface area contributed by atoms with E-state index in [1.807, 2.05) is 69.3 Å². The number of carbonyl (C=O) groups is 5. The molecule has 7 rings (SSSR count). The average Bonchev–Trinajstić information content (AvgIpc) is 3.32. The number of carbonyl (C=O) groups excluding carboxylic acids is 5. The van der Waals surface area contributed by atoms with E-state index in [0.29, 0.717) is 24.3 Å². The molecule has 4 aliphatic rings. The van der Waals surface area contributed by atoms with Crippen LogP contribution in [-0.4, -0.2) is 53.8 Å². The van der Waals surface area contributed by atoms with Crippen molar-refractivity contribution in [1.82, 2.24) is 4.90 Å². The summed E-state index contributed by atoms with van der Waals surface area (Å²) >= 11 is 0. The number of benzene rings is 3. The number of amides is 3. The van der Waals surface area contributed by atoms with Crippen LogP contribution in [0.25, 0.3) is 0 Å². The lowest BCUT2D eigenvalue weighted by Gasteiger charge is -2.45. The molecule has 1 aliphatic heterocycles. The Balaban J connectivity index is 1.16. The van der Waals surface area contributed by atoms with Gasteiger partial charge in [0.25, 0.3) is 5.91 Å². The number of esters is 2. The number of nitrogens with zero attached hydrogens (tertiary/aromatic N) is 1. The molecule has 0 saturated carbocycles. The predicted octanol–water partition coefficient (Wildman–Crippen LogP) is 5.43. The second-order valence-corrected chi connectivity index (χ2v) is 12.7. The number of rotatable bonds is 11. The number of anilines is 1. The van der Waals surface area contributed by atoms with E-state index in [0.717, 1.165) is 33.6 Å². The highest BCUT2D eigenvalue weighted by atomic mass is 16.5. The first-order valence-corrected chi connectivity index (χ1v) is 16.0. The second-order valence-electron chi connectivity index (χ2n) is 12.7. The summed E-state index contributed by atoms with van der Waals surface area (Å²) in [4.78, 5) is 67.9. The van der Waals surface area contributed by atoms with Gasteiger partial charge in [-0.05, 0) is 58.9 Å². The molecule has 0 unspecified atom stereocenters. The van der Waals surface area contributed by atoms with Crippen LogP contribution in [0.4, 0.5) is 5.69 Å². The molecule has 3 aliphatic carbocycles. The molecule has 2 bridgehead atoms. The van der Waals surface area contributed by atoms with Crippen LogP contribution in [0.1, 0.15) is 84.5 Å². The van der Waals surface area contributed by atoms with Crippen LogP contribution in [0, 0.1) is 17.8 Å². The zero-order chi connectivity index (χ0) is 32.5. The minimum absolute atomic E-state index is 0.210. The summed E-state index contributed by atoms with van der Waals surface area (Å²) in [6.07, 6.45) is 1.59. The lowest BCUT2D eigenvalue weighted by atomic mass is 9.55. The third-order valence-corrected chi connectivity index (χ3v) is 9.20. The van der Waals surface area contributed by atoms with Gasteiger partial charge < -0.3 is 14.8 Å². The number of unbranched alkanes of at least 4 members (excludes halogenated alkanes) is 1. The van der Waals surface area contributed by atoms with Crippen LogP contribution >= 0.6 is 0 Å². The standard InChI is InChI=1S/C37H38N2O7/c1-4-5-14-28(37(44)46-20-29(40)38-23-17-15-22(16-18-23)36(43)45-19-21(2)3)39-34(41)32-30-24-10-6-7-11-25(24)31(33(32)35(39)42)27-13-9-8-12-26(27)30/h6-13,15-18,21,28,30-33H,4-5,14,19-20H2,1-3H3,(H,38,40)/t28-,30?,31?,32-,33-/m1/s1. The van der Waals surface area contributed by atoms with Crippen LogP contribution in [-0.2, 0) is 28.7 Å². The van der Waals surface area contributed by atoms with E-state index in [2.05, 4.69) is 5.32 Å². The third kappa shape index (κ3) is 5.59. The van der Waals surface area contributed by atoms with Gasteiger partial charge in [0, 0.05) is 17.5 Å². The fourth-order valence-corrected chi connectivity index (χ4v) is 7.20. The van der Waals surface area contributed by atoms with Gasteiger partial charge in [-0.3, -0.25) is 19.3 Å². The maximum Gasteiger partial charge on any atom is 0.338 e. The maximum atomic E-state index is 14.2. The maximum absolute atomic E-state index is 14.2. The molecular weight excluding hydrogens is 584 g/mol. The summed E-state index contributed by atoms with van der Waals surface area (Å²) in [5.74, 6) is -4.09. The van der Waals surface area contributed by atoms with Crippen molar-refractivity contribution in [2.45, 2.75) is 57.9 Å². The Labute approximate surface area is 268 Å². The quantitative estimate of drug-likeness (QED) is 0.224. The van der Waals surface area contributed by atoms with Gasteiger partial charge in [0.05, 0.1) is 24.0 Å². The van der Waals surface area contributed by atoms with Crippen molar-refractivity contribution in [3.05, 3.63) is 101 Å². The highest BCUT2D eigenvalue weighted by molar-refractivity contribution is 6.10. The molecule has 3 atom stereocenters. The highest BCUT2D eigenvalue weighted by Gasteiger charge is 2.63. The van der Waals surface area contributed by atoms with Gasteiger partial charge in [0.1, 0.15) is 6.04 Å². The monoisotopic (exact) mass is 622 g/mol. The van der Waals surface area contributed by atoms with Crippen molar-refractivity contribution in [1.29, 1.82) is 0 Å². The normalized spacial score (nSPS) is 21.3. The topological polar surface area (TPSA) is 119 Å². The lowest BCUT2D eigenvalue weighted by molar-refractivity contribution is -0.160. The van der Waals surface area contributed by atoms with Gasteiger partial charge in [-0.15, -0.1) is 0 Å². The molecule has 0 aromatic heterocycles. The van der Waals surface area contributed by atoms with Gasteiger partial charge in [-0.2, -0.15) is 0 Å². The first kappa shape index (κ1) is 31.2. The minimum atomic E-state index is -1.12. The first-order chi connectivity index (χ1) is 22.2. The molecule has 3 amide bonds. The van der Waals surface area contributed by atoms with Crippen molar-refractivity contribution >= 4 is 35.3 Å². The SMILES string of the molecule is CCCC[C@H](C(=O)OCC(=O)Nc1ccc(C(=O)OCC(C)C)cc1)N1C(=O)[C@@H]2C3c4ccccc4C(c4ccccc43)[C@H]2C1=O. The Bertz CT molecular complexity index is 1570. The van der Waals surface area contributed by atoms with E-state index in [1.54, 1.807) is 24.3 Å². The van der Waals surface area contributed by atoms with E-state index in [-0.39, 0.29) is 36.0 Å². The number of hydrogen-bond acceptors (Lipinski definition) is 7. The summed E-state index contributed by atoms with van der Waals surface area (Å²) in [6, 6.07) is 21.0. The molecular formula is C37H38N2O7. The number of ether oxygens (including phenoxy) is 2. The Hall–Kier alpha value is -4.79. The average molecular weight is 623 g/mol. The molecule has 0 spiro atoms. The van der Waals surface area contributed by atoms with E-state index in [9.17, 15) is 24.0 Å². The summed E-state index contributed by atoms with van der Waals surface area (Å²) in [5.41, 5.74) is 4.98. The van der Waals surface area contributed by atoms with Crippen molar-refractivity contribution in [2.24, 2.45) is 17.8 Å². The molecule has 0 radical (unpaired) electrons. The van der Waals surface area contributed by atoms with E-state index < -0.39 is 42.3 Å². The van der Waals surface area contributed by atoms with Gasteiger partial charge in [0.2, 0.25) is 11.8 Å². The number of hydrogen-bond donors (Lipinski definition) is 1. The molecule has 3 aromatic carbocycles. The van der Waals surface area contributed by atoms with Crippen molar-refractivity contribution in [2.75, 3.05) is 18.5 Å².